The number of piperidine rings is 1. The van der Waals surface area contributed by atoms with Crippen molar-refractivity contribution in [1.82, 2.24) is 15.5 Å². The summed E-state index contributed by atoms with van der Waals surface area (Å²) in [6, 6.07) is 4.45. The molecule has 4 heteroatoms. The van der Waals surface area contributed by atoms with Crippen LogP contribution in [0.15, 0.2) is 12.1 Å². The van der Waals surface area contributed by atoms with Crippen molar-refractivity contribution in [2.45, 2.75) is 46.5 Å². The van der Waals surface area contributed by atoms with Crippen LogP contribution in [0.25, 0.3) is 0 Å². The predicted molar refractivity (Wildman–Crippen MR) is 105 cm³/mol. The van der Waals surface area contributed by atoms with Crippen molar-refractivity contribution >= 4 is 5.91 Å². The van der Waals surface area contributed by atoms with Gasteiger partial charge in [0, 0.05) is 6.54 Å². The molecule has 1 aliphatic heterocycles. The van der Waals surface area contributed by atoms with Gasteiger partial charge in [-0.3, -0.25) is 9.69 Å². The Morgan fingerprint density at radius 2 is 1.76 bits per heavy atom. The van der Waals surface area contributed by atoms with Gasteiger partial charge in [-0.25, -0.2) is 0 Å². The predicted octanol–water partition coefficient (Wildman–Crippen LogP) is 2.59. The van der Waals surface area contributed by atoms with Crippen molar-refractivity contribution in [3.63, 3.8) is 0 Å². The van der Waals surface area contributed by atoms with Gasteiger partial charge in [-0.15, -0.1) is 0 Å². The van der Waals surface area contributed by atoms with Crippen LogP contribution in [-0.4, -0.2) is 50.6 Å². The molecule has 2 rings (SSSR count). The first-order chi connectivity index (χ1) is 12.0. The van der Waals surface area contributed by atoms with Gasteiger partial charge in [-0.1, -0.05) is 17.7 Å². The number of rotatable bonds is 8. The maximum absolute atomic E-state index is 12.2. The summed E-state index contributed by atoms with van der Waals surface area (Å²) in [5, 5.41) is 6.33. The normalized spacial score (nSPS) is 16.2. The lowest BCUT2D eigenvalue weighted by molar-refractivity contribution is -0.122. The number of hydrogen-bond acceptors (Lipinski definition) is 3. The molecule has 4 nitrogen and oxygen atoms in total. The quantitative estimate of drug-likeness (QED) is 0.761. The number of nitrogens with one attached hydrogen (secondary N) is 2. The van der Waals surface area contributed by atoms with E-state index in [2.05, 4.69) is 48.4 Å². The van der Waals surface area contributed by atoms with Gasteiger partial charge in [0.05, 0.1) is 6.54 Å². The summed E-state index contributed by atoms with van der Waals surface area (Å²) in [5.41, 5.74) is 5.34. The van der Waals surface area contributed by atoms with E-state index in [1.165, 1.54) is 41.5 Å². The van der Waals surface area contributed by atoms with Crippen LogP contribution in [0, 0.1) is 26.7 Å². The lowest BCUT2D eigenvalue weighted by Crippen LogP contribution is -2.42. The summed E-state index contributed by atoms with van der Waals surface area (Å²) < 4.78 is 0. The molecular formula is C21H35N3O. The number of carbonyl (C=O) groups excluding carboxylic acids is 1. The summed E-state index contributed by atoms with van der Waals surface area (Å²) in [7, 11) is 2.01. The Bertz CT molecular complexity index is 539. The zero-order chi connectivity index (χ0) is 18.2. The highest BCUT2D eigenvalue weighted by Gasteiger charge is 2.20. The van der Waals surface area contributed by atoms with Crippen LogP contribution in [0.5, 0.6) is 0 Å². The lowest BCUT2D eigenvalue weighted by atomic mass is 9.93. The van der Waals surface area contributed by atoms with Gasteiger partial charge in [0.25, 0.3) is 0 Å². The number of carbonyl (C=O) groups is 1. The van der Waals surface area contributed by atoms with Crippen LogP contribution in [0.4, 0.5) is 0 Å². The molecule has 1 heterocycles. The number of amides is 1. The smallest absolute Gasteiger partial charge is 0.234 e. The third-order valence-corrected chi connectivity index (χ3v) is 5.41. The molecule has 0 aliphatic carbocycles. The average molecular weight is 346 g/mol. The van der Waals surface area contributed by atoms with E-state index in [4.69, 9.17) is 0 Å². The van der Waals surface area contributed by atoms with E-state index in [0.717, 1.165) is 38.5 Å². The first kappa shape index (κ1) is 19.9. The zero-order valence-corrected chi connectivity index (χ0v) is 16.5. The molecule has 2 N–H and O–H groups in total. The Balaban J connectivity index is 1.68. The molecule has 1 fully saturated rings. The fraction of sp³-hybridized carbons (Fsp3) is 0.667. The molecule has 0 bridgehead atoms. The molecule has 0 radical (unpaired) electrons. The maximum Gasteiger partial charge on any atom is 0.234 e. The van der Waals surface area contributed by atoms with Crippen LogP contribution in [-0.2, 0) is 11.2 Å². The third kappa shape index (κ3) is 6.44. The van der Waals surface area contributed by atoms with E-state index in [-0.39, 0.29) is 5.91 Å². The fourth-order valence-electron chi connectivity index (χ4n) is 3.97. The van der Waals surface area contributed by atoms with Gasteiger partial charge in [-0.2, -0.15) is 0 Å². The average Bonchev–Trinajstić information content (AvgIpc) is 2.56. The van der Waals surface area contributed by atoms with E-state index in [0.29, 0.717) is 6.54 Å². The van der Waals surface area contributed by atoms with Gasteiger partial charge in [0.15, 0.2) is 0 Å². The van der Waals surface area contributed by atoms with E-state index < -0.39 is 0 Å². The Morgan fingerprint density at radius 1 is 1.12 bits per heavy atom. The Labute approximate surface area is 153 Å². The van der Waals surface area contributed by atoms with E-state index in [1.807, 2.05) is 7.05 Å². The minimum atomic E-state index is 0.163. The highest BCUT2D eigenvalue weighted by atomic mass is 16.2. The second-order valence-electron chi connectivity index (χ2n) is 7.59. The molecule has 0 unspecified atom stereocenters. The van der Waals surface area contributed by atoms with Gasteiger partial charge in [0.1, 0.15) is 0 Å². The van der Waals surface area contributed by atoms with Crippen molar-refractivity contribution in [3.05, 3.63) is 34.4 Å². The fourth-order valence-corrected chi connectivity index (χ4v) is 3.97. The van der Waals surface area contributed by atoms with Crippen molar-refractivity contribution in [2.75, 3.05) is 39.8 Å². The molecule has 0 aromatic heterocycles. The summed E-state index contributed by atoms with van der Waals surface area (Å²) in [6.45, 7) is 10.9. The number of likely N-dealkylation sites (tertiary alicyclic amines) is 1. The van der Waals surface area contributed by atoms with Gasteiger partial charge >= 0.3 is 0 Å². The number of benzene rings is 1. The Kier molecular flexibility index (Phi) is 7.91. The molecule has 0 spiro atoms. The summed E-state index contributed by atoms with van der Waals surface area (Å²) >= 11 is 0. The Morgan fingerprint density at radius 3 is 2.36 bits per heavy atom. The van der Waals surface area contributed by atoms with Crippen LogP contribution in [0.1, 0.15) is 41.5 Å². The van der Waals surface area contributed by atoms with Crippen molar-refractivity contribution < 1.29 is 4.79 Å². The second-order valence-corrected chi connectivity index (χ2v) is 7.59. The molecule has 140 valence electrons. The standard InChI is InChI=1S/C21H35N3O/c1-16-13-17(2)20(18(3)14-16)6-10-23-21(25)15-24-11-7-19(8-12-24)5-9-22-4/h13-14,19,22H,5-12,15H2,1-4H3,(H,23,25). The Hall–Kier alpha value is -1.39. The molecule has 1 aliphatic rings. The minimum absolute atomic E-state index is 0.163. The van der Waals surface area contributed by atoms with Crippen LogP contribution < -0.4 is 10.6 Å². The van der Waals surface area contributed by atoms with Crippen LogP contribution in [0.2, 0.25) is 0 Å². The lowest BCUT2D eigenvalue weighted by Gasteiger charge is -2.31. The molecule has 1 aromatic carbocycles. The van der Waals surface area contributed by atoms with E-state index in [9.17, 15) is 4.79 Å². The van der Waals surface area contributed by atoms with Crippen molar-refractivity contribution in [3.8, 4) is 0 Å². The first-order valence-corrected chi connectivity index (χ1v) is 9.70. The highest BCUT2D eigenvalue weighted by molar-refractivity contribution is 5.78. The number of hydrogen-bond donors (Lipinski definition) is 2. The number of aryl methyl sites for hydroxylation is 3. The largest absolute Gasteiger partial charge is 0.355 e. The van der Waals surface area contributed by atoms with Crippen molar-refractivity contribution in [1.29, 1.82) is 0 Å². The topological polar surface area (TPSA) is 44.4 Å². The third-order valence-electron chi connectivity index (χ3n) is 5.41. The maximum atomic E-state index is 12.2. The zero-order valence-electron chi connectivity index (χ0n) is 16.5. The highest BCUT2D eigenvalue weighted by Crippen LogP contribution is 2.19. The van der Waals surface area contributed by atoms with E-state index in [1.54, 1.807) is 0 Å². The monoisotopic (exact) mass is 345 g/mol. The van der Waals surface area contributed by atoms with E-state index >= 15 is 0 Å². The van der Waals surface area contributed by atoms with Gasteiger partial charge in [0.2, 0.25) is 5.91 Å². The molecule has 0 atom stereocenters. The van der Waals surface area contributed by atoms with Gasteiger partial charge < -0.3 is 10.6 Å². The number of nitrogens with zero attached hydrogens (tertiary/aromatic N) is 1. The first-order valence-electron chi connectivity index (χ1n) is 9.70. The summed E-state index contributed by atoms with van der Waals surface area (Å²) in [5.74, 6) is 0.982. The molecule has 1 saturated heterocycles. The summed E-state index contributed by atoms with van der Waals surface area (Å²) in [4.78, 5) is 14.5. The second kappa shape index (κ2) is 9.93. The summed E-state index contributed by atoms with van der Waals surface area (Å²) in [6.07, 6.45) is 4.61. The van der Waals surface area contributed by atoms with Crippen LogP contribution in [0.3, 0.4) is 0 Å². The van der Waals surface area contributed by atoms with Gasteiger partial charge in [-0.05, 0) is 95.7 Å². The molecule has 25 heavy (non-hydrogen) atoms. The molecule has 1 aromatic rings. The SMILES string of the molecule is CNCCC1CCN(CC(=O)NCCc2c(C)cc(C)cc2C)CC1. The van der Waals surface area contributed by atoms with Crippen molar-refractivity contribution in [2.24, 2.45) is 5.92 Å². The van der Waals surface area contributed by atoms with Crippen LogP contribution >= 0.6 is 0 Å². The molecule has 0 saturated carbocycles. The minimum Gasteiger partial charge on any atom is -0.355 e. The molecule has 1 amide bonds. The molecular weight excluding hydrogens is 310 g/mol.